The van der Waals surface area contributed by atoms with Crippen molar-refractivity contribution >= 4 is 32.8 Å². The van der Waals surface area contributed by atoms with Gasteiger partial charge in [-0.25, -0.2) is 9.29 Å². The first-order chi connectivity index (χ1) is 16.4. The third-order valence-corrected chi connectivity index (χ3v) is 7.57. The minimum Gasteiger partial charge on any atom is -0.756 e. The molecule has 1 fully saturated rings. The number of hydrogen-bond acceptors (Lipinski definition) is 15. The first-order valence-corrected chi connectivity index (χ1v) is 13.4. The normalized spacial score (nSPS) is 24.7. The number of phosphoric ester groups is 2. The minimum atomic E-state index is -5.44. The second-order valence-electron chi connectivity index (χ2n) is 7.63. The van der Waals surface area contributed by atoms with Crippen LogP contribution in [0.2, 0.25) is 0 Å². The molecule has 1 aliphatic heterocycles. The van der Waals surface area contributed by atoms with Crippen LogP contribution >= 0.6 is 15.6 Å². The molecule has 0 bridgehead atoms. The number of unbranched alkanes of at least 4 members (excludes halogenated alkanes) is 3. The molecule has 2 aromatic rings. The zero-order valence-electron chi connectivity index (χ0n) is 20.3. The van der Waals surface area contributed by atoms with Gasteiger partial charge in [0.15, 0.2) is 17.4 Å². The summed E-state index contributed by atoms with van der Waals surface area (Å²) in [6.07, 6.45) is -2.47. The summed E-state index contributed by atoms with van der Waals surface area (Å²) in [7, 11) is -10.7. The van der Waals surface area contributed by atoms with Crippen molar-refractivity contribution in [3.63, 3.8) is 0 Å². The Morgan fingerprint density at radius 3 is 2.43 bits per heavy atom. The van der Waals surface area contributed by atoms with Gasteiger partial charge in [0.1, 0.15) is 18.3 Å². The number of nitrogen functional groups attached to an aromatic ring is 1. The van der Waals surface area contributed by atoms with E-state index in [2.05, 4.69) is 28.3 Å². The molecule has 0 spiro atoms. The number of ether oxygens (including phenoxy) is 1. The van der Waals surface area contributed by atoms with Crippen molar-refractivity contribution in [3.8, 4) is 0 Å². The number of anilines is 1. The molecule has 0 radical (unpaired) electrons. The number of nitrogens with zero attached hydrogens (tertiary/aromatic N) is 3. The summed E-state index contributed by atoms with van der Waals surface area (Å²) in [5, 5.41) is 20.6. The van der Waals surface area contributed by atoms with Crippen molar-refractivity contribution in [2.45, 2.75) is 50.2 Å². The molecule has 1 saturated heterocycles. The van der Waals surface area contributed by atoms with E-state index in [0.717, 1.165) is 23.7 Å². The molecule has 3 rings (SSSR count). The van der Waals surface area contributed by atoms with Gasteiger partial charge in [-0.15, -0.1) is 0 Å². The molecule has 0 amide bonds. The van der Waals surface area contributed by atoms with Crippen LogP contribution in [-0.2, 0) is 27.2 Å². The predicted octanol–water partition coefficient (Wildman–Crippen LogP) is -8.17. The molecular weight excluding hydrogens is 560 g/mol. The quantitative estimate of drug-likeness (QED) is 0.0828. The zero-order chi connectivity index (χ0) is 25.8. The molecule has 17 nitrogen and oxygen atoms in total. The second-order valence-corrected chi connectivity index (χ2v) is 10.6. The Hall–Kier alpha value is 0.250. The predicted molar refractivity (Wildman–Crippen MR) is 114 cm³/mol. The first kappa shape index (κ1) is 35.3. The summed E-state index contributed by atoms with van der Waals surface area (Å²) in [5.74, 6) is -0.235. The van der Waals surface area contributed by atoms with Crippen LogP contribution in [0.25, 0.3) is 11.2 Å². The van der Waals surface area contributed by atoms with Crippen molar-refractivity contribution in [2.24, 2.45) is 5.73 Å². The zero-order valence-corrected chi connectivity index (χ0v) is 26.1. The Bertz CT molecular complexity index is 1170. The third kappa shape index (κ3) is 9.69. The fraction of sp³-hybridized carbons (Fsp3) is 0.688. The standard InChI is InChI=1S/C16H28N6O11P2.2Na/c17-5-3-1-2-4-6-30-34(26,27)33-35(28,29)31-7-9-11(23)12(24)15(32-9)22-8-19-10-13(22)20-16(18)21-14(10)25;;/h8-9,11-12,15,23-24H,1-7,17H2,(H,26,27)(H,28,29)(H3,18,20,21,25);;/q;2*+1/p-2/t9-,11-,12-,15-;;/m1../s1. The molecular formula is C16H26N6Na2O11P2. The largest absolute Gasteiger partial charge is 1.00 e. The minimum absolute atomic E-state index is 0. The molecule has 0 aliphatic carbocycles. The van der Waals surface area contributed by atoms with Crippen LogP contribution in [-0.4, -0.2) is 67.8 Å². The van der Waals surface area contributed by atoms with Crippen molar-refractivity contribution in [3.05, 3.63) is 16.7 Å². The Morgan fingerprint density at radius 2 is 1.76 bits per heavy atom. The van der Waals surface area contributed by atoms with Gasteiger partial charge in [0, 0.05) is 0 Å². The van der Waals surface area contributed by atoms with Gasteiger partial charge >= 0.3 is 59.1 Å². The van der Waals surface area contributed by atoms with Crippen LogP contribution in [0.5, 0.6) is 0 Å². The van der Waals surface area contributed by atoms with Crippen molar-refractivity contribution in [1.82, 2.24) is 19.5 Å². The number of aliphatic hydroxyl groups is 2. The van der Waals surface area contributed by atoms with E-state index in [0.29, 0.717) is 19.4 Å². The van der Waals surface area contributed by atoms with Gasteiger partial charge in [-0.3, -0.25) is 23.5 Å². The number of hydrogen-bond donors (Lipinski definition) is 5. The molecule has 198 valence electrons. The Kier molecular flexibility index (Phi) is 14.6. The van der Waals surface area contributed by atoms with E-state index in [-0.39, 0.29) is 82.8 Å². The van der Waals surface area contributed by atoms with Crippen LogP contribution in [0.1, 0.15) is 31.9 Å². The second kappa shape index (κ2) is 15.3. The molecule has 0 saturated carbocycles. The first-order valence-electron chi connectivity index (χ1n) is 10.5. The van der Waals surface area contributed by atoms with Gasteiger partial charge in [0.2, 0.25) is 5.95 Å². The van der Waals surface area contributed by atoms with Gasteiger partial charge in [-0.2, -0.15) is 4.98 Å². The summed E-state index contributed by atoms with van der Waals surface area (Å²) in [6.45, 7) is -0.691. The number of phosphoric acid groups is 2. The molecule has 2 aromatic heterocycles. The summed E-state index contributed by atoms with van der Waals surface area (Å²) in [5.41, 5.74) is 10.0. The summed E-state index contributed by atoms with van der Waals surface area (Å²) in [4.78, 5) is 45.7. The Labute approximate surface area is 255 Å². The van der Waals surface area contributed by atoms with Crippen LogP contribution in [0.15, 0.2) is 11.1 Å². The van der Waals surface area contributed by atoms with Crippen molar-refractivity contribution in [2.75, 3.05) is 25.5 Å². The van der Waals surface area contributed by atoms with E-state index in [1.165, 1.54) is 0 Å². The Morgan fingerprint density at radius 1 is 1.11 bits per heavy atom. The van der Waals surface area contributed by atoms with Gasteiger partial charge in [0.05, 0.1) is 19.5 Å². The number of imidazole rings is 1. The summed E-state index contributed by atoms with van der Waals surface area (Å²) >= 11 is 0. The number of aromatic nitrogens is 4. The maximum Gasteiger partial charge on any atom is 1.00 e. The number of H-pyrrole nitrogens is 1. The smallest absolute Gasteiger partial charge is 0.756 e. The number of aromatic amines is 1. The van der Waals surface area contributed by atoms with E-state index in [1.807, 2.05) is 0 Å². The van der Waals surface area contributed by atoms with Gasteiger partial charge < -0.3 is 45.3 Å². The Balaban J connectivity index is 0.00000342. The maximum absolute atomic E-state index is 12.0. The summed E-state index contributed by atoms with van der Waals surface area (Å²) < 4.78 is 43.3. The van der Waals surface area contributed by atoms with E-state index >= 15 is 0 Å². The molecule has 1 aliphatic rings. The maximum atomic E-state index is 12.0. The van der Waals surface area contributed by atoms with Gasteiger partial charge in [0.25, 0.3) is 21.2 Å². The van der Waals surface area contributed by atoms with Crippen LogP contribution < -0.4 is 85.9 Å². The molecule has 6 atom stereocenters. The fourth-order valence-corrected chi connectivity index (χ4v) is 5.38. The molecule has 0 aromatic carbocycles. The van der Waals surface area contributed by atoms with Crippen LogP contribution in [0, 0.1) is 0 Å². The van der Waals surface area contributed by atoms with E-state index in [1.54, 1.807) is 0 Å². The number of aliphatic hydroxyl groups excluding tert-OH is 2. The molecule has 2 unspecified atom stereocenters. The molecule has 21 heteroatoms. The van der Waals surface area contributed by atoms with Crippen LogP contribution in [0.4, 0.5) is 5.95 Å². The van der Waals surface area contributed by atoms with Crippen molar-refractivity contribution < 1.29 is 106 Å². The number of nitrogens with one attached hydrogen (secondary N) is 1. The van der Waals surface area contributed by atoms with E-state index < -0.39 is 52.4 Å². The van der Waals surface area contributed by atoms with Crippen LogP contribution in [0.3, 0.4) is 0 Å². The molecule has 37 heavy (non-hydrogen) atoms. The average Bonchev–Trinajstić information content (AvgIpc) is 3.30. The summed E-state index contributed by atoms with van der Waals surface area (Å²) in [6, 6.07) is 0. The third-order valence-electron chi connectivity index (χ3n) is 5.01. The number of nitrogens with two attached hydrogens (primary N) is 2. The van der Waals surface area contributed by atoms with Gasteiger partial charge in [-0.05, 0) is 19.4 Å². The monoisotopic (exact) mass is 586 g/mol. The number of fused-ring (bicyclic) bond motifs is 1. The molecule has 7 N–H and O–H groups in total. The fourth-order valence-electron chi connectivity index (χ4n) is 3.34. The average molecular weight is 586 g/mol. The van der Waals surface area contributed by atoms with Gasteiger partial charge in [-0.1, -0.05) is 12.8 Å². The SMILES string of the molecule is NCCCCCCOP(=O)([O-])OP(=O)([O-])OC[C@H]1O[C@@H](n2cnc3c(=O)[nH]c(N)nc32)[C@H](O)[C@@H]1O.[Na+].[Na+]. The van der Waals surface area contributed by atoms with E-state index in [4.69, 9.17) is 16.2 Å². The molecule has 3 heterocycles. The van der Waals surface area contributed by atoms with Crippen molar-refractivity contribution in [1.29, 1.82) is 0 Å². The number of rotatable bonds is 13. The van der Waals surface area contributed by atoms with E-state index in [9.17, 15) is 33.9 Å². The topological polar surface area (TPSA) is 273 Å².